The van der Waals surface area contributed by atoms with Crippen molar-refractivity contribution in [2.45, 2.75) is 17.0 Å². The molecule has 2 aromatic heterocycles. The van der Waals surface area contributed by atoms with E-state index in [0.717, 1.165) is 21.8 Å². The van der Waals surface area contributed by atoms with Crippen molar-refractivity contribution in [3.63, 3.8) is 0 Å². The lowest BCUT2D eigenvalue weighted by atomic mass is 10.1. The lowest BCUT2D eigenvalue weighted by Crippen LogP contribution is -2.34. The number of hydrogen-bond donors (Lipinski definition) is 2. The topological polar surface area (TPSA) is 61.0 Å². The van der Waals surface area contributed by atoms with Gasteiger partial charge >= 0.3 is 0 Å². The lowest BCUT2D eigenvalue weighted by Gasteiger charge is -2.23. The molecule has 0 saturated carbocycles. The molecule has 4 rings (SSSR count). The number of likely N-dealkylation sites (N-methyl/N-ethyl adjacent to an activating group) is 1. The van der Waals surface area contributed by atoms with E-state index in [-0.39, 0.29) is 11.9 Å². The van der Waals surface area contributed by atoms with Crippen molar-refractivity contribution in [2.24, 2.45) is 0 Å². The summed E-state index contributed by atoms with van der Waals surface area (Å²) in [6.45, 7) is 0.567. The van der Waals surface area contributed by atoms with Crippen LogP contribution in [0.1, 0.15) is 26.8 Å². The highest BCUT2D eigenvalue weighted by atomic mass is 32.2. The standard InChI is InChI=1S/C23H24N4OS2/c1-27(2)20(21-12-7-13-29-21)14-24-22(28)17-9-4-3-8-16(17)15-30-23-25-18-10-5-6-11-19(18)26-23/h3-13,20H,14-15H2,1-2H3,(H,24,28)(H,25,26)/t20-/m0/s1. The highest BCUT2D eigenvalue weighted by Crippen LogP contribution is 2.25. The van der Waals surface area contributed by atoms with Crippen LogP contribution in [-0.2, 0) is 5.75 Å². The quantitative estimate of drug-likeness (QED) is 0.384. The van der Waals surface area contributed by atoms with Gasteiger partial charge in [0.15, 0.2) is 5.16 Å². The average Bonchev–Trinajstić information content (AvgIpc) is 3.42. The molecule has 4 aromatic rings. The van der Waals surface area contributed by atoms with Crippen LogP contribution in [0.15, 0.2) is 71.2 Å². The van der Waals surface area contributed by atoms with E-state index in [1.807, 2.05) is 68.7 Å². The van der Waals surface area contributed by atoms with Crippen molar-refractivity contribution >= 4 is 40.0 Å². The summed E-state index contributed by atoms with van der Waals surface area (Å²) in [5.74, 6) is 0.630. The second-order valence-corrected chi connectivity index (χ2v) is 9.15. The Morgan fingerprint density at radius 3 is 2.70 bits per heavy atom. The van der Waals surface area contributed by atoms with E-state index < -0.39 is 0 Å². The first-order chi connectivity index (χ1) is 14.6. The number of para-hydroxylation sites is 2. The molecule has 30 heavy (non-hydrogen) atoms. The molecule has 0 aliphatic heterocycles. The zero-order valence-electron chi connectivity index (χ0n) is 17.0. The van der Waals surface area contributed by atoms with Crippen LogP contribution in [0.5, 0.6) is 0 Å². The smallest absolute Gasteiger partial charge is 0.251 e. The highest BCUT2D eigenvalue weighted by molar-refractivity contribution is 7.98. The maximum Gasteiger partial charge on any atom is 0.251 e. The van der Waals surface area contributed by atoms with Gasteiger partial charge in [0.2, 0.25) is 0 Å². The fourth-order valence-corrected chi connectivity index (χ4v) is 5.13. The molecule has 0 fully saturated rings. The molecule has 7 heteroatoms. The number of nitrogens with zero attached hydrogens (tertiary/aromatic N) is 2. The SMILES string of the molecule is CN(C)[C@@H](CNC(=O)c1ccccc1CSc1nc2ccccc2[nH]1)c1cccs1. The van der Waals surface area contributed by atoms with Crippen LogP contribution in [-0.4, -0.2) is 41.4 Å². The van der Waals surface area contributed by atoms with Crippen LogP contribution in [0.4, 0.5) is 0 Å². The summed E-state index contributed by atoms with van der Waals surface area (Å²) in [5, 5.41) is 6.05. The number of thiophene rings is 1. The molecule has 0 aliphatic rings. The molecule has 154 valence electrons. The van der Waals surface area contributed by atoms with Gasteiger partial charge < -0.3 is 15.2 Å². The fourth-order valence-electron chi connectivity index (χ4n) is 3.31. The third-order valence-corrected chi connectivity index (χ3v) is 6.84. The van der Waals surface area contributed by atoms with Crippen LogP contribution >= 0.6 is 23.1 Å². The molecule has 0 spiro atoms. The van der Waals surface area contributed by atoms with Crippen LogP contribution in [0.2, 0.25) is 0 Å². The molecule has 0 aliphatic carbocycles. The predicted molar refractivity (Wildman–Crippen MR) is 125 cm³/mol. The van der Waals surface area contributed by atoms with Crippen LogP contribution in [0.25, 0.3) is 11.0 Å². The van der Waals surface area contributed by atoms with Gasteiger partial charge in [-0.15, -0.1) is 11.3 Å². The number of aromatic nitrogens is 2. The fraction of sp³-hybridized carbons (Fsp3) is 0.217. The Morgan fingerprint density at radius 1 is 1.13 bits per heavy atom. The van der Waals surface area contributed by atoms with Gasteiger partial charge in [0.1, 0.15) is 0 Å². The molecular formula is C23H24N4OS2. The Labute approximate surface area is 184 Å². The second kappa shape index (κ2) is 9.47. The molecule has 2 heterocycles. The summed E-state index contributed by atoms with van der Waals surface area (Å²) in [6, 6.07) is 20.1. The number of nitrogens with one attached hydrogen (secondary N) is 2. The predicted octanol–water partition coefficient (Wildman–Crippen LogP) is 4.95. The Bertz CT molecular complexity index is 1090. The minimum absolute atomic E-state index is 0.0424. The van der Waals surface area contributed by atoms with Crippen molar-refractivity contribution in [3.8, 4) is 0 Å². The van der Waals surface area contributed by atoms with Crippen LogP contribution < -0.4 is 5.32 Å². The van der Waals surface area contributed by atoms with Gasteiger partial charge in [0.05, 0.1) is 17.1 Å². The molecule has 2 aromatic carbocycles. The molecule has 1 amide bonds. The second-order valence-electron chi connectivity index (χ2n) is 7.21. The molecular weight excluding hydrogens is 412 g/mol. The molecule has 0 unspecified atom stereocenters. The number of rotatable bonds is 8. The number of amides is 1. The number of carbonyl (C=O) groups is 1. The number of benzene rings is 2. The molecule has 0 saturated heterocycles. The van der Waals surface area contributed by atoms with Gasteiger partial charge in [-0.05, 0) is 49.3 Å². The van der Waals surface area contributed by atoms with Crippen molar-refractivity contribution in [2.75, 3.05) is 20.6 Å². The van der Waals surface area contributed by atoms with Gasteiger partial charge in [-0.3, -0.25) is 4.79 Å². The summed E-state index contributed by atoms with van der Waals surface area (Å²) in [5.41, 5.74) is 3.69. The molecule has 2 N–H and O–H groups in total. The minimum atomic E-state index is -0.0424. The Hall–Kier alpha value is -2.61. The first-order valence-electron chi connectivity index (χ1n) is 9.75. The molecule has 0 radical (unpaired) electrons. The van der Waals surface area contributed by atoms with Crippen molar-refractivity contribution in [1.82, 2.24) is 20.2 Å². The van der Waals surface area contributed by atoms with Gasteiger partial charge in [-0.25, -0.2) is 4.98 Å². The summed E-state index contributed by atoms with van der Waals surface area (Å²) >= 11 is 3.32. The number of carbonyl (C=O) groups excluding carboxylic acids is 1. The summed E-state index contributed by atoms with van der Waals surface area (Å²) < 4.78 is 0. The number of thioether (sulfide) groups is 1. The maximum absolute atomic E-state index is 13.0. The Kier molecular flexibility index (Phi) is 6.52. The van der Waals surface area contributed by atoms with E-state index in [1.54, 1.807) is 23.1 Å². The van der Waals surface area contributed by atoms with E-state index in [2.05, 4.69) is 31.6 Å². The number of aromatic amines is 1. The first-order valence-corrected chi connectivity index (χ1v) is 11.6. The monoisotopic (exact) mass is 436 g/mol. The number of imidazole rings is 1. The molecule has 0 bridgehead atoms. The zero-order chi connectivity index (χ0) is 20.9. The Balaban J connectivity index is 1.43. The van der Waals surface area contributed by atoms with Gasteiger partial charge in [-0.1, -0.05) is 48.2 Å². The Morgan fingerprint density at radius 2 is 1.93 bits per heavy atom. The number of fused-ring (bicyclic) bond motifs is 1. The maximum atomic E-state index is 13.0. The summed E-state index contributed by atoms with van der Waals surface area (Å²) in [6.07, 6.45) is 0. The van der Waals surface area contributed by atoms with E-state index in [0.29, 0.717) is 17.9 Å². The third kappa shape index (κ3) is 4.75. The van der Waals surface area contributed by atoms with Crippen LogP contribution in [0, 0.1) is 0 Å². The third-order valence-electron chi connectivity index (χ3n) is 4.94. The van der Waals surface area contributed by atoms with E-state index >= 15 is 0 Å². The summed E-state index contributed by atoms with van der Waals surface area (Å²) in [7, 11) is 4.07. The highest BCUT2D eigenvalue weighted by Gasteiger charge is 2.18. The van der Waals surface area contributed by atoms with Crippen molar-refractivity contribution < 1.29 is 4.79 Å². The molecule has 1 atom stereocenters. The average molecular weight is 437 g/mol. The minimum Gasteiger partial charge on any atom is -0.350 e. The van der Waals surface area contributed by atoms with E-state index in [9.17, 15) is 4.79 Å². The number of hydrogen-bond acceptors (Lipinski definition) is 5. The lowest BCUT2D eigenvalue weighted by molar-refractivity contribution is 0.0941. The van der Waals surface area contributed by atoms with Crippen molar-refractivity contribution in [3.05, 3.63) is 82.0 Å². The van der Waals surface area contributed by atoms with Gasteiger partial charge in [-0.2, -0.15) is 0 Å². The normalized spacial score (nSPS) is 12.4. The van der Waals surface area contributed by atoms with E-state index in [4.69, 9.17) is 0 Å². The number of H-pyrrole nitrogens is 1. The van der Waals surface area contributed by atoms with Gasteiger partial charge in [0.25, 0.3) is 5.91 Å². The van der Waals surface area contributed by atoms with Crippen LogP contribution in [0.3, 0.4) is 0 Å². The van der Waals surface area contributed by atoms with Gasteiger partial charge in [0, 0.05) is 22.7 Å². The zero-order valence-corrected chi connectivity index (χ0v) is 18.6. The molecule has 5 nitrogen and oxygen atoms in total. The summed E-state index contributed by atoms with van der Waals surface area (Å²) in [4.78, 5) is 24.3. The largest absolute Gasteiger partial charge is 0.350 e. The van der Waals surface area contributed by atoms with E-state index in [1.165, 1.54) is 4.88 Å². The van der Waals surface area contributed by atoms with Crippen molar-refractivity contribution in [1.29, 1.82) is 0 Å². The first kappa shape index (κ1) is 20.7.